The summed E-state index contributed by atoms with van der Waals surface area (Å²) in [5.41, 5.74) is 0. The van der Waals surface area contributed by atoms with Crippen LogP contribution in [0.3, 0.4) is 0 Å². The van der Waals surface area contributed by atoms with Crippen molar-refractivity contribution in [1.29, 1.82) is 0 Å². The second kappa shape index (κ2) is 49.7. The maximum absolute atomic E-state index is 12.3. The van der Waals surface area contributed by atoms with Crippen LogP contribution < -0.4 is 5.32 Å². The van der Waals surface area contributed by atoms with Crippen LogP contribution in [0.2, 0.25) is 0 Å². The molecule has 0 saturated carbocycles. The molecule has 0 aliphatic heterocycles. The molecule has 0 rings (SSSR count). The summed E-state index contributed by atoms with van der Waals surface area (Å²) in [4.78, 5) is 12.3. The van der Waals surface area contributed by atoms with Crippen LogP contribution in [0.5, 0.6) is 0 Å². The van der Waals surface area contributed by atoms with Crippen molar-refractivity contribution >= 4 is 5.91 Å². The number of amides is 1. The summed E-state index contributed by atoms with van der Waals surface area (Å²) in [5.74, 6) is -0.0655. The number of aliphatic hydroxyl groups excluding tert-OH is 2. The SMILES string of the molecule is CCCCCCC/C=C\C/C=C\C/C=C\CCCCCCCCCCCCCCCCCCCCCCCCCCC(=O)NC(CO)C(O)/C=C/CCCCCCC. The first-order valence-electron chi connectivity index (χ1n) is 25.9. The minimum absolute atomic E-state index is 0.0655. The van der Waals surface area contributed by atoms with Gasteiger partial charge < -0.3 is 15.5 Å². The van der Waals surface area contributed by atoms with Gasteiger partial charge in [-0.2, -0.15) is 0 Å². The quantitative estimate of drug-likeness (QED) is 0.0423. The third-order valence-electron chi connectivity index (χ3n) is 11.8. The van der Waals surface area contributed by atoms with Gasteiger partial charge in [-0.1, -0.05) is 255 Å². The fourth-order valence-corrected chi connectivity index (χ4v) is 7.83. The molecule has 0 bridgehead atoms. The van der Waals surface area contributed by atoms with Gasteiger partial charge in [0, 0.05) is 6.42 Å². The first-order chi connectivity index (χ1) is 28.7. The smallest absolute Gasteiger partial charge is 0.220 e. The number of allylic oxidation sites excluding steroid dienone is 7. The summed E-state index contributed by atoms with van der Waals surface area (Å²) >= 11 is 0. The van der Waals surface area contributed by atoms with Crippen molar-refractivity contribution in [3.05, 3.63) is 48.6 Å². The molecule has 58 heavy (non-hydrogen) atoms. The Labute approximate surface area is 363 Å². The Morgan fingerprint density at radius 1 is 0.414 bits per heavy atom. The molecule has 0 saturated heterocycles. The summed E-state index contributed by atoms with van der Waals surface area (Å²) in [6.45, 7) is 4.25. The van der Waals surface area contributed by atoms with Gasteiger partial charge in [-0.25, -0.2) is 0 Å². The standard InChI is InChI=1S/C54H101NO3/c1-3-5-7-9-11-12-13-14-15-16-17-18-19-20-21-22-23-24-25-26-27-28-29-30-31-32-33-34-35-36-37-38-39-40-41-42-44-46-48-50-54(58)55-52(51-56)53(57)49-47-45-43-10-8-6-4-2/h13-14,16-17,19-20,47,49,52-53,56-57H,3-12,15,18,21-46,48,50-51H2,1-2H3,(H,55,58)/b14-13-,17-16-,20-19-,49-47+. The summed E-state index contributed by atoms with van der Waals surface area (Å²) < 4.78 is 0. The van der Waals surface area contributed by atoms with Gasteiger partial charge in [0.15, 0.2) is 0 Å². The van der Waals surface area contributed by atoms with Crippen LogP contribution in [0.25, 0.3) is 0 Å². The molecule has 4 nitrogen and oxygen atoms in total. The number of hydrogen-bond acceptors (Lipinski definition) is 3. The van der Waals surface area contributed by atoms with Gasteiger partial charge in [-0.15, -0.1) is 0 Å². The molecule has 0 spiro atoms. The molecule has 3 N–H and O–H groups in total. The van der Waals surface area contributed by atoms with Gasteiger partial charge in [-0.3, -0.25) is 4.79 Å². The van der Waals surface area contributed by atoms with E-state index in [2.05, 4.69) is 55.6 Å². The molecular formula is C54H101NO3. The molecular weight excluding hydrogens is 711 g/mol. The molecule has 2 atom stereocenters. The van der Waals surface area contributed by atoms with E-state index >= 15 is 0 Å². The zero-order valence-electron chi connectivity index (χ0n) is 39.1. The summed E-state index contributed by atoms with van der Waals surface area (Å²) in [6.07, 6.45) is 68.6. The third kappa shape index (κ3) is 45.4. The van der Waals surface area contributed by atoms with Gasteiger partial charge in [-0.05, 0) is 57.8 Å². The van der Waals surface area contributed by atoms with Crippen molar-refractivity contribution in [1.82, 2.24) is 5.32 Å². The Hall–Kier alpha value is -1.65. The van der Waals surface area contributed by atoms with E-state index in [0.29, 0.717) is 6.42 Å². The average Bonchev–Trinajstić information content (AvgIpc) is 3.23. The monoisotopic (exact) mass is 812 g/mol. The first kappa shape index (κ1) is 56.4. The normalized spacial score (nSPS) is 13.2. The lowest BCUT2D eigenvalue weighted by molar-refractivity contribution is -0.123. The summed E-state index contributed by atoms with van der Waals surface area (Å²) in [5, 5.41) is 22.8. The zero-order valence-corrected chi connectivity index (χ0v) is 39.1. The zero-order chi connectivity index (χ0) is 42.1. The van der Waals surface area contributed by atoms with Crippen molar-refractivity contribution in [2.45, 2.75) is 283 Å². The first-order valence-corrected chi connectivity index (χ1v) is 25.9. The van der Waals surface area contributed by atoms with Gasteiger partial charge in [0.2, 0.25) is 5.91 Å². The number of rotatable bonds is 47. The van der Waals surface area contributed by atoms with Gasteiger partial charge in [0.25, 0.3) is 0 Å². The van der Waals surface area contributed by atoms with Gasteiger partial charge in [0.1, 0.15) is 0 Å². The second-order valence-electron chi connectivity index (χ2n) is 17.6. The summed E-state index contributed by atoms with van der Waals surface area (Å²) in [7, 11) is 0. The van der Waals surface area contributed by atoms with E-state index in [-0.39, 0.29) is 12.5 Å². The lowest BCUT2D eigenvalue weighted by atomic mass is 10.0. The maximum atomic E-state index is 12.3. The average molecular weight is 812 g/mol. The van der Waals surface area contributed by atoms with Crippen molar-refractivity contribution in [2.75, 3.05) is 6.61 Å². The molecule has 2 unspecified atom stereocenters. The molecule has 0 radical (unpaired) electrons. The molecule has 4 heteroatoms. The topological polar surface area (TPSA) is 69.6 Å². The van der Waals surface area contributed by atoms with E-state index in [0.717, 1.165) is 38.5 Å². The van der Waals surface area contributed by atoms with E-state index in [9.17, 15) is 15.0 Å². The van der Waals surface area contributed by atoms with Gasteiger partial charge >= 0.3 is 0 Å². The van der Waals surface area contributed by atoms with Crippen LogP contribution in [0.15, 0.2) is 48.6 Å². The second-order valence-corrected chi connectivity index (χ2v) is 17.6. The molecule has 0 aromatic carbocycles. The van der Waals surface area contributed by atoms with Crippen LogP contribution in [0, 0.1) is 0 Å². The van der Waals surface area contributed by atoms with Crippen LogP contribution in [0.1, 0.15) is 271 Å². The highest BCUT2D eigenvalue weighted by molar-refractivity contribution is 5.76. The molecule has 0 aromatic heterocycles. The molecule has 0 fully saturated rings. The highest BCUT2D eigenvalue weighted by Crippen LogP contribution is 2.16. The fraction of sp³-hybridized carbons (Fsp3) is 0.833. The number of unbranched alkanes of at least 4 members (excludes halogenated alkanes) is 34. The number of carbonyl (C=O) groups excluding carboxylic acids is 1. The largest absolute Gasteiger partial charge is 0.394 e. The number of carbonyl (C=O) groups is 1. The maximum Gasteiger partial charge on any atom is 0.220 e. The van der Waals surface area contributed by atoms with E-state index in [1.54, 1.807) is 6.08 Å². The fourth-order valence-electron chi connectivity index (χ4n) is 7.83. The number of hydrogen-bond donors (Lipinski definition) is 3. The number of aliphatic hydroxyl groups is 2. The van der Waals surface area contributed by atoms with Crippen molar-refractivity contribution in [3.8, 4) is 0 Å². The Bertz CT molecular complexity index is 923. The van der Waals surface area contributed by atoms with Crippen LogP contribution in [-0.2, 0) is 4.79 Å². The predicted molar refractivity (Wildman–Crippen MR) is 258 cm³/mol. The van der Waals surface area contributed by atoms with Crippen LogP contribution in [0.4, 0.5) is 0 Å². The van der Waals surface area contributed by atoms with Crippen molar-refractivity contribution in [3.63, 3.8) is 0 Å². The molecule has 1 amide bonds. The molecule has 0 aromatic rings. The minimum Gasteiger partial charge on any atom is -0.394 e. The van der Waals surface area contributed by atoms with Crippen molar-refractivity contribution < 1.29 is 15.0 Å². The molecule has 0 aliphatic rings. The van der Waals surface area contributed by atoms with Crippen LogP contribution >= 0.6 is 0 Å². The molecule has 340 valence electrons. The minimum atomic E-state index is -0.834. The molecule has 0 heterocycles. The van der Waals surface area contributed by atoms with Gasteiger partial charge in [0.05, 0.1) is 18.8 Å². The highest BCUT2D eigenvalue weighted by atomic mass is 16.3. The lowest BCUT2D eigenvalue weighted by Crippen LogP contribution is -2.45. The van der Waals surface area contributed by atoms with Crippen LogP contribution in [-0.4, -0.2) is 34.9 Å². The third-order valence-corrected chi connectivity index (χ3v) is 11.8. The predicted octanol–water partition coefficient (Wildman–Crippen LogP) is 16.7. The Morgan fingerprint density at radius 2 is 0.707 bits per heavy atom. The number of nitrogens with one attached hydrogen (secondary N) is 1. The van der Waals surface area contributed by atoms with E-state index in [4.69, 9.17) is 0 Å². The Morgan fingerprint density at radius 3 is 1.05 bits per heavy atom. The molecule has 0 aliphatic carbocycles. The highest BCUT2D eigenvalue weighted by Gasteiger charge is 2.18. The van der Waals surface area contributed by atoms with E-state index < -0.39 is 12.1 Å². The Balaban J connectivity index is 3.35. The Kier molecular flexibility index (Phi) is 48.3. The van der Waals surface area contributed by atoms with E-state index in [1.165, 1.54) is 212 Å². The lowest BCUT2D eigenvalue weighted by Gasteiger charge is -2.20. The summed E-state index contributed by atoms with van der Waals surface area (Å²) in [6, 6.07) is -0.617. The van der Waals surface area contributed by atoms with Crippen molar-refractivity contribution in [2.24, 2.45) is 0 Å². The van der Waals surface area contributed by atoms with E-state index in [1.807, 2.05) is 6.08 Å².